The van der Waals surface area contributed by atoms with Crippen molar-refractivity contribution in [2.75, 3.05) is 56.4 Å². The Kier molecular flexibility index (Phi) is 26.5. The first kappa shape index (κ1) is 84.9. The van der Waals surface area contributed by atoms with Gasteiger partial charge in [0, 0.05) is 49.2 Å². The maximum absolute atomic E-state index is 13.4. The van der Waals surface area contributed by atoms with Gasteiger partial charge in [0.25, 0.3) is 6.43 Å². The van der Waals surface area contributed by atoms with Crippen molar-refractivity contribution in [3.8, 4) is 11.3 Å². The van der Waals surface area contributed by atoms with Crippen LogP contribution in [0.1, 0.15) is 259 Å². The average Bonchev–Trinajstić information content (AvgIpc) is 1.53. The molecule has 16 aliphatic carbocycles. The molecule has 0 radical (unpaired) electrons. The van der Waals surface area contributed by atoms with Gasteiger partial charge in [-0.1, -0.05) is 45.8 Å². The first-order chi connectivity index (χ1) is 52.6. The summed E-state index contributed by atoms with van der Waals surface area (Å²) in [5, 5.41) is 44.9. The predicted molar refractivity (Wildman–Crippen MR) is 441 cm³/mol. The van der Waals surface area contributed by atoms with Gasteiger partial charge in [-0.15, -0.1) is 0 Å². The minimum atomic E-state index is -2.62. The monoisotopic (exact) mass is 1600 g/mol. The van der Waals surface area contributed by atoms with Crippen molar-refractivity contribution in [3.05, 3.63) is 30.9 Å². The molecule has 1 aromatic rings. The molecule has 16 saturated carbocycles. The molecule has 16 fully saturated rings. The molecular formula is C93H142ClF3N2O8S3. The highest BCUT2D eigenvalue weighted by Crippen LogP contribution is 2.70. The summed E-state index contributed by atoms with van der Waals surface area (Å²) in [6.07, 6.45) is 47.9. The number of allylic oxidation sites excluding steroid dienone is 1. The second-order valence-corrected chi connectivity index (χ2v) is 44.5. The number of aliphatic hydroxyl groups is 4. The van der Waals surface area contributed by atoms with Crippen LogP contribution in [0.2, 0.25) is 0 Å². The van der Waals surface area contributed by atoms with E-state index >= 15 is 0 Å². The Balaban J connectivity index is 0.000000122. The van der Waals surface area contributed by atoms with Crippen LogP contribution in [0.3, 0.4) is 0 Å². The summed E-state index contributed by atoms with van der Waals surface area (Å²) in [6.45, 7) is 15.2. The zero-order valence-corrected chi connectivity index (χ0v) is 71.8. The zero-order chi connectivity index (χ0) is 78.1. The highest BCUT2D eigenvalue weighted by atomic mass is 35.5. The number of fused-ring (bicyclic) bond motifs is 20. The Bertz CT molecular complexity index is 3430. The maximum atomic E-state index is 13.4. The lowest BCUT2D eigenvalue weighted by Crippen LogP contribution is -2.53. The van der Waals surface area contributed by atoms with Gasteiger partial charge in [-0.3, -0.25) is 14.4 Å². The lowest BCUT2D eigenvalue weighted by Gasteiger charge is -2.57. The molecule has 1 aromatic heterocycles. The highest BCUT2D eigenvalue weighted by Gasteiger charge is 2.64. The van der Waals surface area contributed by atoms with E-state index < -0.39 is 35.5 Å². The number of ether oxygens (including phenoxy) is 1. The van der Waals surface area contributed by atoms with Crippen molar-refractivity contribution in [1.29, 1.82) is 0 Å². The summed E-state index contributed by atoms with van der Waals surface area (Å²) in [6, 6.07) is 0. The van der Waals surface area contributed by atoms with Gasteiger partial charge in [0.15, 0.2) is 0 Å². The smallest absolute Gasteiger partial charge is 0.266 e. The second-order valence-electron chi connectivity index (χ2n) is 41.7. The van der Waals surface area contributed by atoms with E-state index in [1.165, 1.54) is 121 Å². The number of imidazole rings is 1. The van der Waals surface area contributed by atoms with Crippen LogP contribution < -0.4 is 0 Å². The van der Waals surface area contributed by atoms with E-state index in [0.717, 1.165) is 167 Å². The third-order valence-corrected chi connectivity index (χ3v) is 38.9. The van der Waals surface area contributed by atoms with Crippen LogP contribution in [0, 0.1) is 175 Å². The van der Waals surface area contributed by atoms with Crippen molar-refractivity contribution in [2.24, 2.45) is 164 Å². The third kappa shape index (κ3) is 16.1. The molecule has 110 heavy (non-hydrogen) atoms. The number of alkyl halides is 3. The van der Waals surface area contributed by atoms with Gasteiger partial charge < -0.3 is 29.7 Å². The molecule has 0 unspecified atom stereocenters. The van der Waals surface area contributed by atoms with Crippen LogP contribution in [-0.4, -0.2) is 133 Å². The van der Waals surface area contributed by atoms with Crippen molar-refractivity contribution < 1.29 is 52.7 Å². The Morgan fingerprint density at radius 3 is 1.24 bits per heavy atom. The van der Waals surface area contributed by atoms with Crippen LogP contribution in [0.4, 0.5) is 13.2 Å². The maximum Gasteiger partial charge on any atom is 0.266 e. The number of nitrogens with zero attached hydrogens (tertiary/aromatic N) is 2. The standard InChI is InChI=1S/C25H37FN2O.C23H33ClO2S.C23H38O3S.C22H34F2O2S/c1-17(14-28-12-11-27-16-28)22-5-6-23-21-4-3-18-13-25(29,15-26)10-8-19(18)20(21)7-9-24(22,23)2;1-22-9-7-17-16-8-10-23(26,11-12-24)13-15(16)3-4-18(17)19(22)5-6-20(22)21(25)14-27-2;1-22-10-8-17-16-9-11-23(25,14-26-2)12-15(16)4-5-18(17)19(22)6-7-20(22)21(24)13-27-3;1-21-9-7-15-14-8-10-22(26,20(23)24)11-13(14)3-4-16(15)17(21)5-6-18(21)19(25)12-27-2/h11-12,16,18-23,29H,1,3-10,13-15H2,2H3;15-20,26H,3-10,13-14H2,1-2H3;15-20,25H,4-14H2,1-3H3;13-18,20,26H,3-12H2,1-2H3/t18-,19-,20+,21+,22+,23-,24+,25-;15-,16-,17+,18+,19-,20+,22-,23+;15-,16-,17+,18+,19-,20+,22-,23-;13-,14-,15+,16+,17-,18+,21-,22-/m0000/s1. The molecule has 0 amide bonds. The van der Waals surface area contributed by atoms with Crippen molar-refractivity contribution in [3.63, 3.8) is 0 Å². The Morgan fingerprint density at radius 1 is 0.491 bits per heavy atom. The van der Waals surface area contributed by atoms with Gasteiger partial charge in [0.1, 0.15) is 35.2 Å². The molecule has 17 heteroatoms. The molecule has 618 valence electrons. The van der Waals surface area contributed by atoms with Crippen molar-refractivity contribution in [1.82, 2.24) is 9.55 Å². The Labute approximate surface area is 678 Å². The van der Waals surface area contributed by atoms with E-state index in [1.807, 2.05) is 31.2 Å². The summed E-state index contributed by atoms with van der Waals surface area (Å²) < 4.78 is 47.5. The van der Waals surface area contributed by atoms with Gasteiger partial charge in [0.05, 0.1) is 41.4 Å². The molecule has 0 saturated heterocycles. The fourth-order valence-corrected chi connectivity index (χ4v) is 34.0. The van der Waals surface area contributed by atoms with Crippen LogP contribution in [0.25, 0.3) is 0 Å². The number of carbonyl (C=O) groups excluding carboxylic acids is 3. The number of ketones is 3. The number of methoxy groups -OCH3 is 1. The van der Waals surface area contributed by atoms with Gasteiger partial charge >= 0.3 is 0 Å². The summed E-state index contributed by atoms with van der Waals surface area (Å²) in [5.41, 5.74) is -1.81. The number of hydrogen-bond donors (Lipinski definition) is 4. The van der Waals surface area contributed by atoms with Gasteiger partial charge in [-0.2, -0.15) is 35.3 Å². The third-order valence-electron chi connectivity index (χ3n) is 37.1. The topological polar surface area (TPSA) is 159 Å². The first-order valence-corrected chi connectivity index (χ1v) is 49.2. The largest absolute Gasteiger partial charge is 0.387 e. The number of rotatable bonds is 16. The molecule has 16 aliphatic rings. The minimum Gasteiger partial charge on any atom is -0.387 e. The number of hydrogen-bond acceptors (Lipinski definition) is 12. The summed E-state index contributed by atoms with van der Waals surface area (Å²) in [5.74, 6) is 21.8. The molecule has 0 bridgehead atoms. The summed E-state index contributed by atoms with van der Waals surface area (Å²) in [4.78, 5) is 42.4. The molecule has 0 aromatic carbocycles. The quantitative estimate of drug-likeness (QED) is 0.0918. The van der Waals surface area contributed by atoms with E-state index in [-0.39, 0.29) is 40.9 Å². The summed E-state index contributed by atoms with van der Waals surface area (Å²) >= 11 is 10.6. The number of carbonyl (C=O) groups is 3. The zero-order valence-electron chi connectivity index (χ0n) is 68.6. The number of Topliss-reactive ketones (excluding diaryl/α,β-unsaturated/α-hetero) is 3. The average molecular weight is 1600 g/mol. The second kappa shape index (κ2) is 34.3. The number of halogens is 4. The van der Waals surface area contributed by atoms with Crippen molar-refractivity contribution >= 4 is 64.2 Å². The number of aromatic nitrogens is 2. The molecule has 1 heterocycles. The molecule has 0 spiro atoms. The van der Waals surface area contributed by atoms with E-state index in [4.69, 9.17) is 16.3 Å². The fourth-order valence-electron chi connectivity index (χ4n) is 32.3. The van der Waals surface area contributed by atoms with Gasteiger partial charge in [0.2, 0.25) is 0 Å². The minimum absolute atomic E-state index is 0.152. The van der Waals surface area contributed by atoms with Crippen LogP contribution in [0.5, 0.6) is 0 Å². The highest BCUT2D eigenvalue weighted by molar-refractivity contribution is 7.99. The molecule has 0 aliphatic heterocycles. The lowest BCUT2D eigenvalue weighted by molar-refractivity contribution is -0.160. The molecular weight excluding hydrogens is 1460 g/mol. The van der Waals surface area contributed by atoms with Crippen molar-refractivity contribution in [2.45, 2.75) is 294 Å². The van der Waals surface area contributed by atoms with Gasteiger partial charge in [-0.25, -0.2) is 18.2 Å². The normalized spacial score (nSPS) is 48.4. The molecule has 32 atom stereocenters. The van der Waals surface area contributed by atoms with E-state index in [9.17, 15) is 48.0 Å². The first-order valence-electron chi connectivity index (χ1n) is 44.6. The Morgan fingerprint density at radius 2 is 0.855 bits per heavy atom. The Hall–Kier alpha value is -1.55. The fraction of sp³-hybridized carbons (Fsp3) is 0.892. The number of thioether (sulfide) groups is 3. The molecule has 4 N–H and O–H groups in total. The van der Waals surface area contributed by atoms with E-state index in [1.54, 1.807) is 42.4 Å². The van der Waals surface area contributed by atoms with Crippen LogP contribution in [-0.2, 0) is 25.7 Å². The SMILES string of the molecule is C=C(Cn1ccnc1)[C@H]1CC[C@H]2[C@@H]3CC[C@H]4C[C@](O)(CF)CC[C@@H]4[C@H]3CC[C@]12C.COC[C@]1(O)CC[C@H]2[C@@H](CC[C@@H]3[C@@H]2CC[C@]2(C)[C@@H](C(=O)CSC)CC[C@@H]32)C1.CSCC(=O)[C@H]1CC[C@H]2[C@@H]3CC[C@H]4C[C@](O)(C#CCl)CC[C@@H]4[C@H]3CC[C@]12C.CSCC(=O)[C@H]1CC[C@H]2[C@@H]3CC[C@H]4C[C@](O)(C(F)F)CC[C@@H]4[C@H]3CC[C@]12C. The van der Waals surface area contributed by atoms with E-state index in [2.05, 4.69) is 61.4 Å². The lowest BCUT2D eigenvalue weighted by atomic mass is 9.48. The predicted octanol–water partition coefficient (Wildman–Crippen LogP) is 20.3. The van der Waals surface area contributed by atoms with E-state index in [0.29, 0.717) is 119 Å². The van der Waals surface area contributed by atoms with Crippen LogP contribution >= 0.6 is 46.9 Å². The summed E-state index contributed by atoms with van der Waals surface area (Å²) in [7, 11) is 1.71. The molecule has 17 rings (SSSR count). The van der Waals surface area contributed by atoms with Gasteiger partial charge in [-0.05, 0) is 407 Å². The van der Waals surface area contributed by atoms with Crippen LogP contribution in [0.15, 0.2) is 30.9 Å². The molecule has 10 nitrogen and oxygen atoms in total.